The van der Waals surface area contributed by atoms with Gasteiger partial charge in [0.2, 0.25) is 0 Å². The van der Waals surface area contributed by atoms with E-state index in [1.165, 1.54) is 96.3 Å². The quantitative estimate of drug-likeness (QED) is 0.0346. The van der Waals surface area contributed by atoms with E-state index in [-0.39, 0.29) is 25.8 Å². The predicted octanol–water partition coefficient (Wildman–Crippen LogP) is 8.99. The molecule has 0 aromatic rings. The van der Waals surface area contributed by atoms with E-state index in [0.29, 0.717) is 24.1 Å². The van der Waals surface area contributed by atoms with Gasteiger partial charge in [-0.15, -0.1) is 0 Å². The number of phosphoric acid groups is 1. The molecule has 0 aromatic heterocycles. The number of quaternary nitrogens is 1. The van der Waals surface area contributed by atoms with E-state index >= 15 is 0 Å². The highest BCUT2D eigenvalue weighted by Gasteiger charge is 2.26. The lowest BCUT2D eigenvalue weighted by atomic mass is 10.1. The van der Waals surface area contributed by atoms with Gasteiger partial charge in [-0.25, -0.2) is 4.57 Å². The maximum absolute atomic E-state index is 12.5. The normalized spacial score (nSPS) is 14.1. The van der Waals surface area contributed by atoms with E-state index in [1.54, 1.807) is 0 Å². The zero-order chi connectivity index (χ0) is 31.4. The van der Waals surface area contributed by atoms with Crippen LogP contribution in [-0.4, -0.2) is 75.6 Å². The first kappa shape index (κ1) is 41.5. The van der Waals surface area contributed by atoms with Crippen molar-refractivity contribution in [3.8, 4) is 0 Å². The summed E-state index contributed by atoms with van der Waals surface area (Å²) in [4.78, 5) is 22.6. The molecule has 9 heteroatoms. The van der Waals surface area contributed by atoms with Gasteiger partial charge in [0.25, 0.3) is 0 Å². The molecule has 0 aromatic carbocycles. The van der Waals surface area contributed by atoms with Crippen LogP contribution < -0.4 is 0 Å². The van der Waals surface area contributed by atoms with Crippen molar-refractivity contribution in [3.63, 3.8) is 0 Å². The molecule has 0 aliphatic rings. The fourth-order valence-corrected chi connectivity index (χ4v) is 5.41. The summed E-state index contributed by atoms with van der Waals surface area (Å²) in [6.45, 7) is 5.60. The highest BCUT2D eigenvalue weighted by molar-refractivity contribution is 7.47. The van der Waals surface area contributed by atoms with E-state index in [0.717, 1.165) is 32.1 Å². The Morgan fingerprint density at radius 1 is 0.643 bits per heavy atom. The van der Waals surface area contributed by atoms with Crippen molar-refractivity contribution in [1.29, 1.82) is 0 Å². The van der Waals surface area contributed by atoms with E-state index in [9.17, 15) is 14.3 Å². The first-order valence-corrected chi connectivity index (χ1v) is 18.8. The third kappa shape index (κ3) is 30.9. The molecule has 0 amide bonds. The van der Waals surface area contributed by atoms with E-state index in [2.05, 4.69) is 13.8 Å². The molecule has 0 aliphatic carbocycles. The fraction of sp³-hybridized carbons (Fsp3) is 0.970. The standard InChI is InChI=1S/C33H68NO7P/c1-6-8-10-12-14-16-17-18-19-21-23-25-28-38-30-32(31-40-42(36,37)39-29-27-34(3,4)5)41-33(35)26-24-22-20-15-13-11-9-7-2/h32H,6-31H2,1-5H3/p+1. The number of hydrogen-bond donors (Lipinski definition) is 1. The third-order valence-corrected chi connectivity index (χ3v) is 8.40. The van der Waals surface area contributed by atoms with Crippen LogP contribution in [0.3, 0.4) is 0 Å². The lowest BCUT2D eigenvalue weighted by molar-refractivity contribution is -0.870. The van der Waals surface area contributed by atoms with Gasteiger partial charge in [-0.2, -0.15) is 0 Å². The zero-order valence-corrected chi connectivity index (χ0v) is 29.1. The van der Waals surface area contributed by atoms with E-state index in [4.69, 9.17) is 18.5 Å². The average molecular weight is 623 g/mol. The molecule has 0 spiro atoms. The minimum Gasteiger partial charge on any atom is -0.457 e. The highest BCUT2D eigenvalue weighted by atomic mass is 31.2. The summed E-state index contributed by atoms with van der Waals surface area (Å²) in [6, 6.07) is 0. The molecule has 2 atom stereocenters. The second kappa shape index (κ2) is 28.0. The molecule has 8 nitrogen and oxygen atoms in total. The second-order valence-corrected chi connectivity index (χ2v) is 14.4. The average Bonchev–Trinajstić information content (AvgIpc) is 2.92. The van der Waals surface area contributed by atoms with Crippen molar-refractivity contribution in [3.05, 3.63) is 0 Å². The molecule has 0 saturated heterocycles. The Bertz CT molecular complexity index is 657. The Labute approximate surface area is 259 Å². The molecule has 0 saturated carbocycles. The summed E-state index contributed by atoms with van der Waals surface area (Å²) in [7, 11) is 1.68. The third-order valence-electron chi connectivity index (χ3n) is 7.42. The maximum Gasteiger partial charge on any atom is 0.472 e. The van der Waals surface area contributed by atoms with E-state index < -0.39 is 13.9 Å². The van der Waals surface area contributed by atoms with Gasteiger partial charge in [-0.1, -0.05) is 129 Å². The minimum absolute atomic E-state index is 0.0929. The van der Waals surface area contributed by atoms with Gasteiger partial charge in [0, 0.05) is 13.0 Å². The van der Waals surface area contributed by atoms with Crippen LogP contribution in [0.2, 0.25) is 0 Å². The molecule has 0 heterocycles. The number of hydrogen-bond acceptors (Lipinski definition) is 6. The maximum atomic E-state index is 12.5. The molecule has 1 N–H and O–H groups in total. The Kier molecular flexibility index (Phi) is 27.7. The lowest BCUT2D eigenvalue weighted by Crippen LogP contribution is -2.37. The van der Waals surface area contributed by atoms with Crippen molar-refractivity contribution in [2.45, 2.75) is 155 Å². The molecule has 0 bridgehead atoms. The summed E-state index contributed by atoms with van der Waals surface area (Å²) in [5.41, 5.74) is 0. The van der Waals surface area contributed by atoms with Gasteiger partial charge in [0.15, 0.2) is 0 Å². The smallest absolute Gasteiger partial charge is 0.457 e. The molecular weight excluding hydrogens is 553 g/mol. The summed E-state index contributed by atoms with van der Waals surface area (Å²) >= 11 is 0. The molecule has 0 aliphatic heterocycles. The molecule has 0 radical (unpaired) electrons. The lowest BCUT2D eigenvalue weighted by Gasteiger charge is -2.24. The van der Waals surface area contributed by atoms with Crippen molar-refractivity contribution < 1.29 is 37.3 Å². The summed E-state index contributed by atoms with van der Waals surface area (Å²) in [5, 5.41) is 0. The van der Waals surface area contributed by atoms with Gasteiger partial charge < -0.3 is 18.9 Å². The van der Waals surface area contributed by atoms with Crippen molar-refractivity contribution in [1.82, 2.24) is 0 Å². The highest BCUT2D eigenvalue weighted by Crippen LogP contribution is 2.43. The van der Waals surface area contributed by atoms with Crippen molar-refractivity contribution in [2.75, 3.05) is 54.1 Å². The molecule has 2 unspecified atom stereocenters. The largest absolute Gasteiger partial charge is 0.472 e. The number of unbranched alkanes of at least 4 members (excludes halogenated alkanes) is 18. The second-order valence-electron chi connectivity index (χ2n) is 12.9. The first-order chi connectivity index (χ1) is 20.1. The Balaban J connectivity index is 4.30. The predicted molar refractivity (Wildman–Crippen MR) is 174 cm³/mol. The van der Waals surface area contributed by atoms with Crippen LogP contribution >= 0.6 is 7.82 Å². The van der Waals surface area contributed by atoms with Crippen LogP contribution in [0.1, 0.15) is 149 Å². The van der Waals surface area contributed by atoms with Crippen LogP contribution in [0.25, 0.3) is 0 Å². The first-order valence-electron chi connectivity index (χ1n) is 17.3. The number of ether oxygens (including phenoxy) is 2. The van der Waals surface area contributed by atoms with Gasteiger partial charge in [0.05, 0.1) is 34.4 Å². The summed E-state index contributed by atoms with van der Waals surface area (Å²) in [6.07, 6.45) is 24.1. The molecule has 252 valence electrons. The van der Waals surface area contributed by atoms with E-state index in [1.807, 2.05) is 21.1 Å². The van der Waals surface area contributed by atoms with Gasteiger partial charge in [0.1, 0.15) is 19.3 Å². The number of esters is 1. The monoisotopic (exact) mass is 622 g/mol. The SMILES string of the molecule is CCCCCCCCCCCCCCOCC(COP(=O)(O)OCC[N+](C)(C)C)OC(=O)CCCCCCCCCC. The van der Waals surface area contributed by atoms with Crippen LogP contribution in [0.4, 0.5) is 0 Å². The van der Waals surface area contributed by atoms with Gasteiger partial charge in [-0.05, 0) is 12.8 Å². The van der Waals surface area contributed by atoms with Crippen LogP contribution in [0.15, 0.2) is 0 Å². The number of likely N-dealkylation sites (N-methyl/N-ethyl adjacent to an activating group) is 1. The minimum atomic E-state index is -4.25. The van der Waals surface area contributed by atoms with Crippen LogP contribution in [0.5, 0.6) is 0 Å². The zero-order valence-electron chi connectivity index (χ0n) is 28.3. The Morgan fingerprint density at radius 2 is 1.10 bits per heavy atom. The van der Waals surface area contributed by atoms with Crippen molar-refractivity contribution in [2.24, 2.45) is 0 Å². The van der Waals surface area contributed by atoms with Crippen molar-refractivity contribution >= 4 is 13.8 Å². The number of carbonyl (C=O) groups excluding carboxylic acids is 1. The fourth-order valence-electron chi connectivity index (χ4n) is 4.67. The topological polar surface area (TPSA) is 91.3 Å². The number of carbonyl (C=O) groups is 1. The number of rotatable bonds is 32. The molecule has 0 fully saturated rings. The Hall–Kier alpha value is -0.500. The van der Waals surface area contributed by atoms with Gasteiger partial charge in [-0.3, -0.25) is 13.8 Å². The summed E-state index contributed by atoms with van der Waals surface area (Å²) < 4.78 is 34.6. The van der Waals surface area contributed by atoms with Crippen LogP contribution in [0, 0.1) is 0 Å². The molecule has 0 rings (SSSR count). The molecular formula is C33H69NO7P+. The summed E-state index contributed by atoms with van der Waals surface area (Å²) in [5.74, 6) is -0.317. The van der Waals surface area contributed by atoms with Gasteiger partial charge >= 0.3 is 13.8 Å². The Morgan fingerprint density at radius 3 is 1.57 bits per heavy atom. The molecule has 42 heavy (non-hydrogen) atoms. The van der Waals surface area contributed by atoms with Crippen LogP contribution in [-0.2, 0) is 27.9 Å². The number of phosphoric ester groups is 1. The number of nitrogens with zero attached hydrogens (tertiary/aromatic N) is 1.